The van der Waals surface area contributed by atoms with E-state index in [9.17, 15) is 4.79 Å². The van der Waals surface area contributed by atoms with E-state index in [1.54, 1.807) is 26.3 Å². The quantitative estimate of drug-likeness (QED) is 0.524. The number of halogens is 1. The summed E-state index contributed by atoms with van der Waals surface area (Å²) in [6.45, 7) is 5.83. The van der Waals surface area contributed by atoms with Gasteiger partial charge in [0.15, 0.2) is 11.5 Å². The van der Waals surface area contributed by atoms with Crippen molar-refractivity contribution in [3.05, 3.63) is 62.6 Å². The van der Waals surface area contributed by atoms with Gasteiger partial charge in [-0.3, -0.25) is 4.79 Å². The SMILES string of the molecule is CC[C@H](C)Oc1ccc(C=Nn2c(C)nc3ccc(Br)cc3c2=O)cc1OC. The third-order valence-electron chi connectivity index (χ3n) is 4.38. The van der Waals surface area contributed by atoms with Crippen LogP contribution in [0.1, 0.15) is 31.7 Å². The van der Waals surface area contributed by atoms with Gasteiger partial charge >= 0.3 is 0 Å². The Balaban J connectivity index is 1.96. The maximum absolute atomic E-state index is 12.8. The van der Waals surface area contributed by atoms with Crippen molar-refractivity contribution >= 4 is 33.0 Å². The first-order chi connectivity index (χ1) is 13.4. The van der Waals surface area contributed by atoms with E-state index in [0.29, 0.717) is 28.2 Å². The minimum atomic E-state index is -0.219. The molecule has 0 unspecified atom stereocenters. The van der Waals surface area contributed by atoms with Crippen LogP contribution in [-0.4, -0.2) is 29.1 Å². The average Bonchev–Trinajstić information content (AvgIpc) is 2.69. The Hall–Kier alpha value is -2.67. The van der Waals surface area contributed by atoms with Crippen LogP contribution in [0.25, 0.3) is 10.9 Å². The Bertz CT molecular complexity index is 1090. The summed E-state index contributed by atoms with van der Waals surface area (Å²) in [7, 11) is 1.60. The molecule has 0 N–H and O–H groups in total. The van der Waals surface area contributed by atoms with Crippen molar-refractivity contribution < 1.29 is 9.47 Å². The van der Waals surface area contributed by atoms with Crippen LogP contribution in [-0.2, 0) is 0 Å². The molecular weight excluding hydrogens is 422 g/mol. The first-order valence-electron chi connectivity index (χ1n) is 9.01. The standard InChI is InChI=1S/C21H22BrN3O3/c1-5-13(2)28-19-9-6-15(10-20(19)27-4)12-23-25-14(3)24-18-8-7-16(22)11-17(18)21(25)26/h6-13H,5H2,1-4H3/t13-/m0/s1. The highest BCUT2D eigenvalue weighted by Crippen LogP contribution is 2.29. The minimum absolute atomic E-state index is 0.0950. The second-order valence-electron chi connectivity index (χ2n) is 6.43. The van der Waals surface area contributed by atoms with Gasteiger partial charge < -0.3 is 9.47 Å². The predicted molar refractivity (Wildman–Crippen MR) is 115 cm³/mol. The summed E-state index contributed by atoms with van der Waals surface area (Å²) in [5, 5.41) is 4.85. The van der Waals surface area contributed by atoms with E-state index < -0.39 is 0 Å². The molecule has 1 heterocycles. The van der Waals surface area contributed by atoms with Gasteiger partial charge in [0, 0.05) is 4.47 Å². The van der Waals surface area contributed by atoms with Crippen LogP contribution in [0.15, 0.2) is 50.8 Å². The molecule has 0 fully saturated rings. The zero-order valence-corrected chi connectivity index (χ0v) is 17.9. The number of nitrogens with zero attached hydrogens (tertiary/aromatic N) is 3. The predicted octanol–water partition coefficient (Wildman–Crippen LogP) is 4.54. The summed E-state index contributed by atoms with van der Waals surface area (Å²) in [5.74, 6) is 1.81. The van der Waals surface area contributed by atoms with E-state index in [4.69, 9.17) is 9.47 Å². The van der Waals surface area contributed by atoms with Crippen LogP contribution >= 0.6 is 15.9 Å². The lowest BCUT2D eigenvalue weighted by Crippen LogP contribution is -2.20. The van der Waals surface area contributed by atoms with Crippen molar-refractivity contribution in [3.8, 4) is 11.5 Å². The highest BCUT2D eigenvalue weighted by Gasteiger charge is 2.10. The van der Waals surface area contributed by atoms with E-state index in [2.05, 4.69) is 32.9 Å². The first kappa shape index (κ1) is 20.1. The highest BCUT2D eigenvalue weighted by molar-refractivity contribution is 9.10. The summed E-state index contributed by atoms with van der Waals surface area (Å²) < 4.78 is 13.4. The van der Waals surface area contributed by atoms with Crippen LogP contribution in [0.2, 0.25) is 0 Å². The van der Waals surface area contributed by atoms with Crippen molar-refractivity contribution in [1.82, 2.24) is 9.66 Å². The number of aromatic nitrogens is 2. The second-order valence-corrected chi connectivity index (χ2v) is 7.34. The van der Waals surface area contributed by atoms with Crippen LogP contribution < -0.4 is 15.0 Å². The first-order valence-corrected chi connectivity index (χ1v) is 9.80. The van der Waals surface area contributed by atoms with Gasteiger partial charge in [0.05, 0.1) is 30.3 Å². The van der Waals surface area contributed by atoms with Gasteiger partial charge in [-0.2, -0.15) is 9.78 Å². The smallest absolute Gasteiger partial charge is 0.282 e. The maximum atomic E-state index is 12.8. The summed E-state index contributed by atoms with van der Waals surface area (Å²) in [6, 6.07) is 11.0. The zero-order chi connectivity index (χ0) is 20.3. The minimum Gasteiger partial charge on any atom is -0.493 e. The summed E-state index contributed by atoms with van der Waals surface area (Å²) >= 11 is 3.39. The van der Waals surface area contributed by atoms with Crippen molar-refractivity contribution in [2.24, 2.45) is 5.10 Å². The van der Waals surface area contributed by atoms with Crippen molar-refractivity contribution in [3.63, 3.8) is 0 Å². The van der Waals surface area contributed by atoms with Crippen molar-refractivity contribution in [1.29, 1.82) is 0 Å². The van der Waals surface area contributed by atoms with E-state index in [1.807, 2.05) is 37.3 Å². The van der Waals surface area contributed by atoms with E-state index in [0.717, 1.165) is 16.5 Å². The largest absolute Gasteiger partial charge is 0.493 e. The summed E-state index contributed by atoms with van der Waals surface area (Å²) in [5.41, 5.74) is 1.21. The Morgan fingerprint density at radius 1 is 1.25 bits per heavy atom. The zero-order valence-electron chi connectivity index (χ0n) is 16.3. The van der Waals surface area contributed by atoms with E-state index in [-0.39, 0.29) is 11.7 Å². The molecule has 0 saturated carbocycles. The molecule has 0 spiro atoms. The molecule has 0 saturated heterocycles. The van der Waals surface area contributed by atoms with Gasteiger partial charge in [-0.15, -0.1) is 0 Å². The van der Waals surface area contributed by atoms with Gasteiger partial charge in [-0.25, -0.2) is 4.98 Å². The molecule has 7 heteroatoms. The number of methoxy groups -OCH3 is 1. The molecule has 0 amide bonds. The Morgan fingerprint density at radius 2 is 2.04 bits per heavy atom. The van der Waals surface area contributed by atoms with Crippen molar-refractivity contribution in [2.75, 3.05) is 7.11 Å². The topological polar surface area (TPSA) is 65.7 Å². The molecule has 1 aromatic heterocycles. The lowest BCUT2D eigenvalue weighted by atomic mass is 10.2. The number of hydrogen-bond acceptors (Lipinski definition) is 5. The lowest BCUT2D eigenvalue weighted by Gasteiger charge is -2.15. The maximum Gasteiger partial charge on any atom is 0.282 e. The summed E-state index contributed by atoms with van der Waals surface area (Å²) in [4.78, 5) is 17.3. The number of fused-ring (bicyclic) bond motifs is 1. The number of hydrogen-bond donors (Lipinski definition) is 0. The normalized spacial score (nSPS) is 12.5. The van der Waals surface area contributed by atoms with Crippen molar-refractivity contribution in [2.45, 2.75) is 33.3 Å². The van der Waals surface area contributed by atoms with E-state index >= 15 is 0 Å². The van der Waals surface area contributed by atoms with Crippen LogP contribution in [0.3, 0.4) is 0 Å². The number of ether oxygens (including phenoxy) is 2. The molecule has 0 aliphatic heterocycles. The molecule has 146 valence electrons. The highest BCUT2D eigenvalue weighted by atomic mass is 79.9. The van der Waals surface area contributed by atoms with Crippen LogP contribution in [0.5, 0.6) is 11.5 Å². The molecular formula is C21H22BrN3O3. The fourth-order valence-corrected chi connectivity index (χ4v) is 3.04. The second kappa shape index (κ2) is 8.56. The van der Waals surface area contributed by atoms with Crippen LogP contribution in [0.4, 0.5) is 0 Å². The molecule has 6 nitrogen and oxygen atoms in total. The number of benzene rings is 2. The van der Waals surface area contributed by atoms with Crippen LogP contribution in [0, 0.1) is 6.92 Å². The van der Waals surface area contributed by atoms with Gasteiger partial charge in [0.2, 0.25) is 0 Å². The molecule has 0 bridgehead atoms. The number of rotatable bonds is 6. The van der Waals surface area contributed by atoms with Gasteiger partial charge in [0.25, 0.3) is 5.56 Å². The fourth-order valence-electron chi connectivity index (χ4n) is 2.68. The third kappa shape index (κ3) is 4.25. The molecule has 2 aromatic carbocycles. The molecule has 3 rings (SSSR count). The van der Waals surface area contributed by atoms with E-state index in [1.165, 1.54) is 4.68 Å². The molecule has 0 aliphatic rings. The molecule has 0 radical (unpaired) electrons. The van der Waals surface area contributed by atoms with Gasteiger partial charge in [0.1, 0.15) is 5.82 Å². The summed E-state index contributed by atoms with van der Waals surface area (Å²) in [6.07, 6.45) is 2.60. The Kier molecular flexibility index (Phi) is 6.14. The molecule has 0 aliphatic carbocycles. The Labute approximate surface area is 171 Å². The Morgan fingerprint density at radius 3 is 2.75 bits per heavy atom. The average molecular weight is 444 g/mol. The monoisotopic (exact) mass is 443 g/mol. The molecule has 1 atom stereocenters. The third-order valence-corrected chi connectivity index (χ3v) is 4.88. The molecule has 28 heavy (non-hydrogen) atoms. The lowest BCUT2D eigenvalue weighted by molar-refractivity contribution is 0.207. The molecule has 3 aromatic rings. The van der Waals surface area contributed by atoms with Gasteiger partial charge in [-0.1, -0.05) is 22.9 Å². The van der Waals surface area contributed by atoms with Gasteiger partial charge in [-0.05, 0) is 62.2 Å². The number of aryl methyl sites for hydroxylation is 1. The fraction of sp³-hybridized carbons (Fsp3) is 0.286.